The molecule has 2 aromatic rings. The molecule has 1 aromatic carbocycles. The molecule has 1 N–H and O–H groups in total. The zero-order chi connectivity index (χ0) is 13.5. The van der Waals surface area contributed by atoms with Crippen molar-refractivity contribution in [3.8, 4) is 5.75 Å². The van der Waals surface area contributed by atoms with E-state index in [4.69, 9.17) is 4.74 Å². The summed E-state index contributed by atoms with van der Waals surface area (Å²) in [7, 11) is 0. The predicted molar refractivity (Wildman–Crippen MR) is 80.0 cm³/mol. The van der Waals surface area contributed by atoms with Crippen LogP contribution in [0.5, 0.6) is 5.75 Å². The Bertz CT molecular complexity index is 657. The van der Waals surface area contributed by atoms with Gasteiger partial charge in [-0.3, -0.25) is 0 Å². The summed E-state index contributed by atoms with van der Waals surface area (Å²) >= 11 is 3.47. The van der Waals surface area contributed by atoms with Gasteiger partial charge in [-0.2, -0.15) is 0 Å². The van der Waals surface area contributed by atoms with Gasteiger partial charge in [0, 0.05) is 17.5 Å². The van der Waals surface area contributed by atoms with Crippen LogP contribution in [-0.4, -0.2) is 16.6 Å². The molecule has 0 spiro atoms. The first-order valence-corrected chi connectivity index (χ1v) is 7.61. The van der Waals surface area contributed by atoms with Crippen LogP contribution in [0, 0.1) is 0 Å². The summed E-state index contributed by atoms with van der Waals surface area (Å²) in [6, 6.07) is 10.2. The normalized spacial score (nSPS) is 20.4. The molecule has 0 radical (unpaired) electrons. The fraction of sp³-hybridized carbons (Fsp3) is 0.333. The second-order valence-corrected chi connectivity index (χ2v) is 6.07. The van der Waals surface area contributed by atoms with Crippen LogP contribution in [0.3, 0.4) is 0 Å². The molecule has 1 unspecified atom stereocenters. The summed E-state index contributed by atoms with van der Waals surface area (Å²) in [6.45, 7) is 0.639. The first-order chi connectivity index (χ1) is 9.79. The Hall–Kier alpha value is -1.62. The van der Waals surface area contributed by atoms with Gasteiger partial charge in [0.05, 0.1) is 6.04 Å². The third-order valence-electron chi connectivity index (χ3n) is 3.68. The van der Waals surface area contributed by atoms with E-state index in [1.54, 1.807) is 0 Å². The van der Waals surface area contributed by atoms with Crippen molar-refractivity contribution >= 4 is 21.7 Å². The number of aromatic nitrogens is 2. The van der Waals surface area contributed by atoms with E-state index in [0.29, 0.717) is 12.5 Å². The van der Waals surface area contributed by atoms with Crippen molar-refractivity contribution in [2.24, 2.45) is 0 Å². The number of nitrogens with one attached hydrogen (secondary N) is 1. The number of hydrogen-bond acceptors (Lipinski definition) is 4. The largest absolute Gasteiger partial charge is 0.491 e. The Balaban J connectivity index is 1.60. The molecule has 1 saturated carbocycles. The van der Waals surface area contributed by atoms with Gasteiger partial charge >= 0.3 is 0 Å². The van der Waals surface area contributed by atoms with Crippen molar-refractivity contribution in [1.29, 1.82) is 0 Å². The molecule has 1 aliphatic carbocycles. The van der Waals surface area contributed by atoms with Gasteiger partial charge in [0.2, 0.25) is 0 Å². The molecule has 1 aliphatic heterocycles. The number of ether oxygens (including phenoxy) is 1. The van der Waals surface area contributed by atoms with Crippen molar-refractivity contribution in [1.82, 2.24) is 9.97 Å². The Kier molecular flexibility index (Phi) is 2.88. The maximum atomic E-state index is 5.69. The number of fused-ring (bicyclic) bond motifs is 1. The molecule has 0 saturated heterocycles. The summed E-state index contributed by atoms with van der Waals surface area (Å²) in [5.41, 5.74) is 1.19. The lowest BCUT2D eigenvalue weighted by atomic mass is 10.1. The van der Waals surface area contributed by atoms with Crippen molar-refractivity contribution in [3.05, 3.63) is 46.3 Å². The summed E-state index contributed by atoms with van der Waals surface area (Å²) in [4.78, 5) is 9.07. The quantitative estimate of drug-likeness (QED) is 0.872. The molecule has 5 heteroatoms. The standard InChI is InChI=1S/C15H14BrN3O/c16-13-7-14(19-15(18-13)9-5-6-9)17-11-8-20-12-4-2-1-3-10(11)12/h1-4,7,9,11H,5-6,8H2,(H,17,18,19). The van der Waals surface area contributed by atoms with Crippen LogP contribution in [0.25, 0.3) is 0 Å². The van der Waals surface area contributed by atoms with Crippen molar-refractivity contribution in [3.63, 3.8) is 0 Å². The Labute approximate surface area is 125 Å². The maximum absolute atomic E-state index is 5.69. The lowest BCUT2D eigenvalue weighted by Gasteiger charge is -2.13. The minimum atomic E-state index is 0.153. The first kappa shape index (κ1) is 12.1. The van der Waals surface area contributed by atoms with Crippen LogP contribution in [0.4, 0.5) is 5.82 Å². The molecule has 4 rings (SSSR count). The average Bonchev–Trinajstić information content (AvgIpc) is 3.22. The smallest absolute Gasteiger partial charge is 0.135 e. The van der Waals surface area contributed by atoms with Gasteiger partial charge in [0.25, 0.3) is 0 Å². The SMILES string of the molecule is Brc1cc(NC2COc3ccccc32)nc(C2CC2)n1. The number of hydrogen-bond donors (Lipinski definition) is 1. The van der Waals surface area contributed by atoms with E-state index in [1.807, 2.05) is 24.3 Å². The van der Waals surface area contributed by atoms with E-state index >= 15 is 0 Å². The van der Waals surface area contributed by atoms with Gasteiger partial charge in [0.15, 0.2) is 0 Å². The fourth-order valence-electron chi connectivity index (χ4n) is 2.49. The fourth-order valence-corrected chi connectivity index (χ4v) is 2.89. The van der Waals surface area contributed by atoms with Crippen LogP contribution in [0.1, 0.15) is 36.2 Å². The summed E-state index contributed by atoms with van der Waals surface area (Å²) < 4.78 is 6.52. The predicted octanol–water partition coefficient (Wildman–Crippen LogP) is 3.66. The highest BCUT2D eigenvalue weighted by atomic mass is 79.9. The second-order valence-electron chi connectivity index (χ2n) is 5.25. The molecule has 2 aliphatic rings. The number of para-hydroxylation sites is 1. The molecule has 20 heavy (non-hydrogen) atoms. The molecular formula is C15H14BrN3O. The average molecular weight is 332 g/mol. The molecule has 4 nitrogen and oxygen atoms in total. The van der Waals surface area contributed by atoms with E-state index in [2.05, 4.69) is 37.3 Å². The molecule has 0 bridgehead atoms. The summed E-state index contributed by atoms with van der Waals surface area (Å²) in [5.74, 6) is 3.30. The van der Waals surface area contributed by atoms with Gasteiger partial charge in [-0.15, -0.1) is 0 Å². The van der Waals surface area contributed by atoms with E-state index in [-0.39, 0.29) is 6.04 Å². The highest BCUT2D eigenvalue weighted by molar-refractivity contribution is 9.10. The van der Waals surface area contributed by atoms with Crippen LogP contribution in [-0.2, 0) is 0 Å². The lowest BCUT2D eigenvalue weighted by molar-refractivity contribution is 0.339. The highest BCUT2D eigenvalue weighted by Crippen LogP contribution is 2.39. The number of benzene rings is 1. The summed E-state index contributed by atoms with van der Waals surface area (Å²) in [6.07, 6.45) is 2.40. The van der Waals surface area contributed by atoms with Gasteiger partial charge < -0.3 is 10.1 Å². The third kappa shape index (κ3) is 2.26. The Morgan fingerprint density at radius 2 is 2.05 bits per heavy atom. The zero-order valence-electron chi connectivity index (χ0n) is 10.8. The summed E-state index contributed by atoms with van der Waals surface area (Å²) in [5, 5.41) is 3.45. The van der Waals surface area contributed by atoms with Gasteiger partial charge in [0.1, 0.15) is 28.6 Å². The third-order valence-corrected chi connectivity index (χ3v) is 4.08. The first-order valence-electron chi connectivity index (χ1n) is 6.82. The lowest BCUT2D eigenvalue weighted by Crippen LogP contribution is -2.13. The monoisotopic (exact) mass is 331 g/mol. The van der Waals surface area contributed by atoms with Crippen LogP contribution >= 0.6 is 15.9 Å². The Morgan fingerprint density at radius 3 is 2.90 bits per heavy atom. The van der Waals surface area contributed by atoms with E-state index in [0.717, 1.165) is 22.0 Å². The van der Waals surface area contributed by atoms with Gasteiger partial charge in [-0.1, -0.05) is 18.2 Å². The number of anilines is 1. The maximum Gasteiger partial charge on any atom is 0.135 e. The topological polar surface area (TPSA) is 47.0 Å². The van der Waals surface area contributed by atoms with Gasteiger partial charge in [-0.25, -0.2) is 9.97 Å². The minimum Gasteiger partial charge on any atom is -0.491 e. The molecular weight excluding hydrogens is 318 g/mol. The number of rotatable bonds is 3. The van der Waals surface area contributed by atoms with E-state index in [1.165, 1.54) is 18.4 Å². The van der Waals surface area contributed by atoms with E-state index in [9.17, 15) is 0 Å². The molecule has 0 amide bonds. The Morgan fingerprint density at radius 1 is 1.20 bits per heavy atom. The minimum absolute atomic E-state index is 0.153. The molecule has 1 aromatic heterocycles. The second kappa shape index (κ2) is 4.74. The van der Waals surface area contributed by atoms with Gasteiger partial charge in [-0.05, 0) is 34.8 Å². The van der Waals surface area contributed by atoms with Crippen molar-refractivity contribution < 1.29 is 4.74 Å². The number of nitrogens with zero attached hydrogens (tertiary/aromatic N) is 2. The van der Waals surface area contributed by atoms with Crippen LogP contribution < -0.4 is 10.1 Å². The highest BCUT2D eigenvalue weighted by Gasteiger charge is 2.28. The molecule has 2 heterocycles. The van der Waals surface area contributed by atoms with Crippen LogP contribution in [0.15, 0.2) is 34.9 Å². The van der Waals surface area contributed by atoms with Crippen molar-refractivity contribution in [2.45, 2.75) is 24.8 Å². The molecule has 1 atom stereocenters. The zero-order valence-corrected chi connectivity index (χ0v) is 12.4. The van der Waals surface area contributed by atoms with E-state index < -0.39 is 0 Å². The molecule has 1 fully saturated rings. The van der Waals surface area contributed by atoms with Crippen LogP contribution in [0.2, 0.25) is 0 Å². The molecule has 102 valence electrons. The number of halogens is 1. The van der Waals surface area contributed by atoms with Crippen molar-refractivity contribution in [2.75, 3.05) is 11.9 Å².